The summed E-state index contributed by atoms with van der Waals surface area (Å²) in [5, 5.41) is 6.29. The molecule has 4 nitrogen and oxygen atoms in total. The number of rotatable bonds is 0. The van der Waals surface area contributed by atoms with Crippen molar-refractivity contribution < 1.29 is 4.79 Å². The first-order chi connectivity index (χ1) is 2.43. The third-order valence-electron chi connectivity index (χ3n) is 0.279. The molecule has 0 aliphatic rings. The molecule has 1 aromatic heterocycles. The summed E-state index contributed by atoms with van der Waals surface area (Å²) in [5.41, 5.74) is 7.79. The number of aromatic nitrogens is 2. The second-order valence-corrected chi connectivity index (χ2v) is 0.600. The molecule has 1 heterocycles. The first-order valence-electron chi connectivity index (χ1n) is 1.07. The van der Waals surface area contributed by atoms with Gasteiger partial charge >= 0.3 is 5.62 Å². The lowest BCUT2D eigenvalue weighted by molar-refractivity contribution is -0.0659. The van der Waals surface area contributed by atoms with Gasteiger partial charge < -0.3 is 10.3 Å². The summed E-state index contributed by atoms with van der Waals surface area (Å²) in [5.74, 6) is 0. The molecule has 0 fully saturated rings. The van der Waals surface area contributed by atoms with E-state index in [-0.39, 0.29) is 5.62 Å². The van der Waals surface area contributed by atoms with Crippen molar-refractivity contribution in [1.29, 1.82) is 0 Å². The van der Waals surface area contributed by atoms with Crippen LogP contribution in [0.2, 0.25) is 0 Å². The largest absolute Gasteiger partial charge is 0.579 e. The van der Waals surface area contributed by atoms with Crippen LogP contribution < -0.4 is 5.62 Å². The van der Waals surface area contributed by atoms with E-state index in [1.165, 1.54) is 0 Å². The lowest BCUT2D eigenvalue weighted by atomic mass is 11.4. The summed E-state index contributed by atoms with van der Waals surface area (Å²) < 4.78 is 0. The Kier molecular flexibility index (Phi) is 0.210. The Balaban J connectivity index is 3.49. The van der Waals surface area contributed by atoms with E-state index in [0.717, 1.165) is 0 Å². The van der Waals surface area contributed by atoms with Crippen LogP contribution in [0.1, 0.15) is 0 Å². The van der Waals surface area contributed by atoms with E-state index in [4.69, 9.17) is 5.53 Å². The van der Waals surface area contributed by atoms with Crippen LogP contribution in [0.4, 0.5) is 0 Å². The Hall–Kier alpha value is -1.02. The van der Waals surface area contributed by atoms with Gasteiger partial charge in [-0.25, -0.2) is 0 Å². The van der Waals surface area contributed by atoms with Crippen molar-refractivity contribution in [2.75, 3.05) is 0 Å². The zero-order valence-corrected chi connectivity index (χ0v) is 2.29. The second kappa shape index (κ2) is 0.471. The highest BCUT2D eigenvalue weighted by molar-refractivity contribution is 4.31. The topological polar surface area (TPSA) is 62.2 Å². The molecule has 0 amide bonds. The normalized spacial score (nSPS) is 8.00. The molecule has 0 atom stereocenters. The number of hydrogen-bond donors (Lipinski definition) is 0. The van der Waals surface area contributed by atoms with Gasteiger partial charge in [0, 0.05) is 0 Å². The van der Waals surface area contributed by atoms with Gasteiger partial charge in [0.25, 0.3) is 0 Å². The molecule has 0 spiro atoms. The van der Waals surface area contributed by atoms with E-state index in [1.54, 1.807) is 0 Å². The lowest BCUT2D eigenvalue weighted by Gasteiger charge is -1.34. The van der Waals surface area contributed by atoms with E-state index in [9.17, 15) is 0 Å². The average Bonchev–Trinajstić information content (AvgIpc) is 2.12. The molecule has 5 heavy (non-hydrogen) atoms. The van der Waals surface area contributed by atoms with E-state index in [1.807, 2.05) is 0 Å². The predicted octanol–water partition coefficient (Wildman–Crippen LogP) is -1.52. The van der Waals surface area contributed by atoms with Gasteiger partial charge in [-0.2, -0.15) is 0 Å². The highest BCUT2D eigenvalue weighted by Gasteiger charge is 2.05. The molecule has 4 heteroatoms. The van der Waals surface area contributed by atoms with Gasteiger partial charge in [-0.1, -0.05) is 0 Å². The first-order valence-corrected chi connectivity index (χ1v) is 1.07. The molecule has 1 rings (SSSR count). The zero-order chi connectivity index (χ0) is 3.70. The van der Waals surface area contributed by atoms with Crippen LogP contribution in [-0.4, -0.2) is 15.0 Å². The molecule has 0 bridgehead atoms. The summed E-state index contributed by atoms with van der Waals surface area (Å²) in [6, 6.07) is 0. The first kappa shape index (κ1) is 2.23. The Morgan fingerprint density at radius 3 is 2.20 bits per heavy atom. The van der Waals surface area contributed by atoms with Gasteiger partial charge in [-0.15, -0.1) is 0 Å². The molecule has 0 unspecified atom stereocenters. The molecule has 0 N–H and O–H groups in total. The minimum Gasteiger partial charge on any atom is -0.542 e. The molecule has 0 aliphatic carbocycles. The SMILES string of the molecule is [N-]=[N+]=c1nn1. The third-order valence-corrected chi connectivity index (χ3v) is 0.279. The second-order valence-electron chi connectivity index (χ2n) is 0.600. The summed E-state index contributed by atoms with van der Waals surface area (Å²) in [6.45, 7) is 0. The molecule has 0 saturated heterocycles. The number of nitrogens with zero attached hydrogens (tertiary/aromatic N) is 4. The Labute approximate surface area is 27.4 Å². The maximum absolute atomic E-state index is 7.61. The highest BCUT2D eigenvalue weighted by atomic mass is 15.3. The maximum Gasteiger partial charge on any atom is 0.579 e. The van der Waals surface area contributed by atoms with Gasteiger partial charge in [-0.05, 0) is 0 Å². The van der Waals surface area contributed by atoms with Gasteiger partial charge in [0.15, 0.2) is 10.2 Å². The van der Waals surface area contributed by atoms with Gasteiger partial charge in [-0.3, -0.25) is 0 Å². The molecular weight excluding hydrogens is 68.0 g/mol. The summed E-state index contributed by atoms with van der Waals surface area (Å²) >= 11 is 0. The van der Waals surface area contributed by atoms with Crippen LogP contribution in [-0.2, 0) is 0 Å². The molecule has 0 saturated carbocycles. The lowest BCUT2D eigenvalue weighted by Crippen LogP contribution is -1.81. The summed E-state index contributed by atoms with van der Waals surface area (Å²) in [7, 11) is 0. The van der Waals surface area contributed by atoms with Crippen LogP contribution in [0.25, 0.3) is 5.53 Å². The monoisotopic (exact) mass is 68.0 g/mol. The van der Waals surface area contributed by atoms with E-state index < -0.39 is 0 Å². The van der Waals surface area contributed by atoms with Crippen LogP contribution in [0.5, 0.6) is 0 Å². The fourth-order valence-corrected chi connectivity index (χ4v) is 0.0624. The highest BCUT2D eigenvalue weighted by Crippen LogP contribution is 1.29. The van der Waals surface area contributed by atoms with Crippen LogP contribution in [0.3, 0.4) is 0 Å². The average molecular weight is 68.0 g/mol. The van der Waals surface area contributed by atoms with Crippen molar-refractivity contribution >= 4 is 0 Å². The smallest absolute Gasteiger partial charge is 0.542 e. The molecule has 24 valence electrons. The van der Waals surface area contributed by atoms with E-state index >= 15 is 0 Å². The standard InChI is InChI=1S/CN4/c2-3-1-4-5-1. The van der Waals surface area contributed by atoms with Gasteiger partial charge in [0.2, 0.25) is 0 Å². The minimum absolute atomic E-state index is 0.185. The molecule has 0 aromatic carbocycles. The van der Waals surface area contributed by atoms with E-state index in [0.29, 0.717) is 0 Å². The quantitative estimate of drug-likeness (QED) is 0.274. The molecular formula is CN4. The summed E-state index contributed by atoms with van der Waals surface area (Å²) in [4.78, 5) is 2.58. The number of hydrogen-bond acceptors (Lipinski definition) is 2. The van der Waals surface area contributed by atoms with Gasteiger partial charge in [0.05, 0.1) is 0 Å². The fraction of sp³-hybridized carbons (Fsp3) is 0. The Bertz CT molecular complexity index is 140. The van der Waals surface area contributed by atoms with Crippen LogP contribution in [0, 0.1) is 0 Å². The van der Waals surface area contributed by atoms with Gasteiger partial charge in [0.1, 0.15) is 0 Å². The van der Waals surface area contributed by atoms with Crippen molar-refractivity contribution in [3.63, 3.8) is 0 Å². The van der Waals surface area contributed by atoms with Crippen LogP contribution in [0.15, 0.2) is 0 Å². The Morgan fingerprint density at radius 2 is 2.20 bits per heavy atom. The third kappa shape index (κ3) is 0.181. The molecule has 0 radical (unpaired) electrons. The van der Waals surface area contributed by atoms with Crippen LogP contribution >= 0.6 is 0 Å². The summed E-state index contributed by atoms with van der Waals surface area (Å²) in [6.07, 6.45) is 0. The van der Waals surface area contributed by atoms with Crippen molar-refractivity contribution in [3.8, 4) is 0 Å². The van der Waals surface area contributed by atoms with Crippen molar-refractivity contribution in [3.05, 3.63) is 11.1 Å². The van der Waals surface area contributed by atoms with Crippen molar-refractivity contribution in [2.24, 2.45) is 0 Å². The predicted molar refractivity (Wildman–Crippen MR) is 11.2 cm³/mol. The molecule has 0 aliphatic heterocycles. The minimum atomic E-state index is 0.185. The maximum atomic E-state index is 7.61. The fourth-order valence-electron chi connectivity index (χ4n) is 0.0624. The zero-order valence-electron chi connectivity index (χ0n) is 2.29. The van der Waals surface area contributed by atoms with Crippen molar-refractivity contribution in [1.82, 2.24) is 10.2 Å². The molecule has 1 aromatic rings. The van der Waals surface area contributed by atoms with E-state index in [2.05, 4.69) is 15.0 Å². The van der Waals surface area contributed by atoms with Crippen molar-refractivity contribution in [2.45, 2.75) is 0 Å². The Morgan fingerprint density at radius 1 is 1.60 bits per heavy atom.